The van der Waals surface area contributed by atoms with E-state index in [1.165, 1.54) is 6.92 Å². The minimum absolute atomic E-state index is 0.204. The second-order valence-corrected chi connectivity index (χ2v) is 7.40. The van der Waals surface area contributed by atoms with Gasteiger partial charge in [-0.3, -0.25) is 4.79 Å². The molecule has 0 amide bonds. The van der Waals surface area contributed by atoms with Gasteiger partial charge in [-0.2, -0.15) is 0 Å². The lowest BCUT2D eigenvalue weighted by Gasteiger charge is -2.42. The molecule has 1 aliphatic rings. The summed E-state index contributed by atoms with van der Waals surface area (Å²) in [6, 6.07) is 19.4. The maximum absolute atomic E-state index is 11.4. The Bertz CT molecular complexity index is 756. The molecule has 0 saturated carbocycles. The summed E-state index contributed by atoms with van der Waals surface area (Å²) in [7, 11) is 0. The lowest BCUT2D eigenvalue weighted by atomic mass is 9.99. The molecule has 2 aromatic rings. The fourth-order valence-corrected chi connectivity index (χ4v) is 3.60. The number of esters is 1. The van der Waals surface area contributed by atoms with Crippen LogP contribution in [-0.4, -0.2) is 47.5 Å². The van der Waals surface area contributed by atoms with E-state index in [1.807, 2.05) is 60.7 Å². The summed E-state index contributed by atoms with van der Waals surface area (Å²) in [5, 5.41) is 10.8. The Hall–Kier alpha value is -1.90. The summed E-state index contributed by atoms with van der Waals surface area (Å²) in [5.41, 5.74) is 1.21. The fraction of sp³-hybridized carbons (Fsp3) is 0.409. The Labute approximate surface area is 176 Å². The highest BCUT2D eigenvalue weighted by molar-refractivity contribution is 7.80. The van der Waals surface area contributed by atoms with Crippen LogP contribution in [0.1, 0.15) is 18.1 Å². The van der Waals surface area contributed by atoms with E-state index in [4.69, 9.17) is 18.9 Å². The molecule has 2 aromatic carbocycles. The molecule has 0 aromatic heterocycles. The minimum atomic E-state index is -1.09. The number of ether oxygens (including phenoxy) is 4. The van der Waals surface area contributed by atoms with Crippen molar-refractivity contribution in [3.63, 3.8) is 0 Å². The second kappa shape index (κ2) is 10.8. The zero-order valence-electron chi connectivity index (χ0n) is 16.2. The molecule has 5 atom stereocenters. The van der Waals surface area contributed by atoms with Crippen LogP contribution in [0.3, 0.4) is 0 Å². The van der Waals surface area contributed by atoms with Crippen LogP contribution in [-0.2, 0) is 37.0 Å². The van der Waals surface area contributed by atoms with E-state index >= 15 is 0 Å². The lowest BCUT2D eigenvalue weighted by molar-refractivity contribution is -0.235. The number of hydrogen-bond acceptors (Lipinski definition) is 7. The molecule has 29 heavy (non-hydrogen) atoms. The molecule has 3 rings (SSSR count). The number of benzene rings is 2. The number of hydrogen-bond donors (Lipinski definition) is 2. The summed E-state index contributed by atoms with van der Waals surface area (Å²) in [6.07, 6.45) is -3.32. The molecule has 0 radical (unpaired) electrons. The third kappa shape index (κ3) is 6.29. The predicted octanol–water partition coefficient (Wildman–Crippen LogP) is 2.74. The van der Waals surface area contributed by atoms with E-state index in [0.717, 1.165) is 11.1 Å². The third-order valence-electron chi connectivity index (χ3n) is 4.62. The Balaban J connectivity index is 1.66. The van der Waals surface area contributed by atoms with Crippen molar-refractivity contribution in [3.8, 4) is 0 Å². The van der Waals surface area contributed by atoms with Gasteiger partial charge in [0.1, 0.15) is 23.7 Å². The zero-order chi connectivity index (χ0) is 20.6. The van der Waals surface area contributed by atoms with Gasteiger partial charge >= 0.3 is 5.97 Å². The van der Waals surface area contributed by atoms with Crippen LogP contribution >= 0.6 is 12.6 Å². The fourth-order valence-electron chi connectivity index (χ4n) is 3.20. The maximum atomic E-state index is 11.4. The van der Waals surface area contributed by atoms with Crippen LogP contribution in [0, 0.1) is 0 Å². The molecule has 6 nitrogen and oxygen atoms in total. The molecular weight excluding hydrogens is 392 g/mol. The number of rotatable bonds is 8. The van der Waals surface area contributed by atoms with Crippen LogP contribution in [0.15, 0.2) is 60.7 Å². The van der Waals surface area contributed by atoms with Crippen molar-refractivity contribution in [2.24, 2.45) is 0 Å². The molecule has 0 unspecified atom stereocenters. The summed E-state index contributed by atoms with van der Waals surface area (Å²) in [6.45, 7) is 2.18. The lowest BCUT2D eigenvalue weighted by Crippen LogP contribution is -2.59. The zero-order valence-corrected chi connectivity index (χ0v) is 17.1. The third-order valence-corrected chi connectivity index (χ3v) is 5.03. The van der Waals surface area contributed by atoms with Crippen LogP contribution in [0.25, 0.3) is 0 Å². The highest BCUT2D eigenvalue weighted by Gasteiger charge is 2.46. The molecular formula is C22H26O6S. The Morgan fingerprint density at radius 1 is 1.00 bits per heavy atom. The summed E-state index contributed by atoms with van der Waals surface area (Å²) < 4.78 is 22.9. The number of aliphatic hydroxyl groups excluding tert-OH is 1. The molecule has 1 heterocycles. The van der Waals surface area contributed by atoms with Gasteiger partial charge in [-0.05, 0) is 11.1 Å². The maximum Gasteiger partial charge on any atom is 0.303 e. The van der Waals surface area contributed by atoms with E-state index in [2.05, 4.69) is 12.6 Å². The van der Waals surface area contributed by atoms with Crippen molar-refractivity contribution >= 4 is 18.6 Å². The predicted molar refractivity (Wildman–Crippen MR) is 110 cm³/mol. The molecule has 0 aliphatic carbocycles. The molecule has 7 heteroatoms. The van der Waals surface area contributed by atoms with Crippen molar-refractivity contribution in [2.45, 2.75) is 50.0 Å². The monoisotopic (exact) mass is 418 g/mol. The Morgan fingerprint density at radius 2 is 1.59 bits per heavy atom. The smallest absolute Gasteiger partial charge is 0.303 e. The van der Waals surface area contributed by atoms with Crippen LogP contribution in [0.5, 0.6) is 0 Å². The molecule has 1 N–H and O–H groups in total. The van der Waals surface area contributed by atoms with E-state index in [9.17, 15) is 9.90 Å². The van der Waals surface area contributed by atoms with Gasteiger partial charge in [0.2, 0.25) is 0 Å². The van der Waals surface area contributed by atoms with Crippen molar-refractivity contribution in [3.05, 3.63) is 71.8 Å². The number of carbonyl (C=O) groups excluding carboxylic acids is 1. The van der Waals surface area contributed by atoms with E-state index in [-0.39, 0.29) is 13.2 Å². The van der Waals surface area contributed by atoms with Gasteiger partial charge in [-0.15, -0.1) is 12.6 Å². The van der Waals surface area contributed by atoms with Gasteiger partial charge in [0.05, 0.1) is 19.8 Å². The van der Waals surface area contributed by atoms with Crippen LogP contribution < -0.4 is 0 Å². The number of aliphatic hydroxyl groups is 1. The second-order valence-electron chi connectivity index (χ2n) is 6.89. The molecule has 1 saturated heterocycles. The molecule has 1 aliphatic heterocycles. The van der Waals surface area contributed by atoms with E-state index < -0.39 is 35.8 Å². The first kappa shape index (κ1) is 21.8. The van der Waals surface area contributed by atoms with E-state index in [0.29, 0.717) is 6.61 Å². The molecule has 1 fully saturated rings. The standard InChI is InChI=1S/C22H26O6S/c1-15(23)27-21-19(24)20(26-13-17-10-6-3-7-11-17)18(28-22(21)29)14-25-12-16-8-4-2-5-9-16/h2-11,18-22,24,29H,12-14H2,1H3/t18-,19+,20-,21-,22+/m1/s1. The number of thiol groups is 1. The first-order chi connectivity index (χ1) is 14.0. The summed E-state index contributed by atoms with van der Waals surface area (Å²) in [5.74, 6) is -0.516. The van der Waals surface area contributed by atoms with Gasteiger partial charge in [0.15, 0.2) is 6.10 Å². The SMILES string of the molecule is CC(=O)O[C@@H]1[C@@H](O)[C@H](OCc2ccccc2)[C@@H](COCc2ccccc2)O[C@H]1S. The highest BCUT2D eigenvalue weighted by atomic mass is 32.1. The van der Waals surface area contributed by atoms with Crippen LogP contribution in [0.2, 0.25) is 0 Å². The van der Waals surface area contributed by atoms with Crippen molar-refractivity contribution < 1.29 is 28.8 Å². The Kier molecular flexibility index (Phi) is 8.09. The molecule has 156 valence electrons. The average molecular weight is 419 g/mol. The highest BCUT2D eigenvalue weighted by Crippen LogP contribution is 2.29. The van der Waals surface area contributed by atoms with Crippen molar-refractivity contribution in [1.29, 1.82) is 0 Å². The van der Waals surface area contributed by atoms with Crippen LogP contribution in [0.4, 0.5) is 0 Å². The van der Waals surface area contributed by atoms with Crippen molar-refractivity contribution in [1.82, 2.24) is 0 Å². The number of carbonyl (C=O) groups is 1. The topological polar surface area (TPSA) is 74.2 Å². The first-order valence-electron chi connectivity index (χ1n) is 9.50. The van der Waals surface area contributed by atoms with Gasteiger partial charge in [-0.25, -0.2) is 0 Å². The normalized spacial score (nSPS) is 26.8. The first-order valence-corrected chi connectivity index (χ1v) is 10.0. The Morgan fingerprint density at radius 3 is 2.17 bits per heavy atom. The summed E-state index contributed by atoms with van der Waals surface area (Å²) >= 11 is 4.35. The quantitative estimate of drug-likeness (QED) is 0.507. The van der Waals surface area contributed by atoms with E-state index in [1.54, 1.807) is 0 Å². The van der Waals surface area contributed by atoms with Gasteiger partial charge < -0.3 is 24.1 Å². The summed E-state index contributed by atoms with van der Waals surface area (Å²) in [4.78, 5) is 11.4. The molecule has 0 bridgehead atoms. The van der Waals surface area contributed by atoms with Crippen molar-refractivity contribution in [2.75, 3.05) is 6.61 Å². The average Bonchev–Trinajstić information content (AvgIpc) is 2.72. The van der Waals surface area contributed by atoms with Gasteiger partial charge in [0, 0.05) is 6.92 Å². The van der Waals surface area contributed by atoms with Gasteiger partial charge in [-0.1, -0.05) is 60.7 Å². The largest absolute Gasteiger partial charge is 0.456 e. The molecule has 0 spiro atoms. The van der Waals surface area contributed by atoms with Gasteiger partial charge in [0.25, 0.3) is 0 Å². The minimum Gasteiger partial charge on any atom is -0.456 e.